The highest BCUT2D eigenvalue weighted by Crippen LogP contribution is 2.17. The van der Waals surface area contributed by atoms with Gasteiger partial charge in [-0.3, -0.25) is 4.79 Å². The van der Waals surface area contributed by atoms with Crippen LogP contribution in [0.25, 0.3) is 0 Å². The molecule has 15 heavy (non-hydrogen) atoms. The van der Waals surface area contributed by atoms with Crippen LogP contribution in [0.4, 0.5) is 0 Å². The fourth-order valence-corrected chi connectivity index (χ4v) is 2.14. The van der Waals surface area contributed by atoms with E-state index < -0.39 is 0 Å². The van der Waals surface area contributed by atoms with Gasteiger partial charge in [0, 0.05) is 17.6 Å². The first kappa shape index (κ1) is 10.6. The first-order chi connectivity index (χ1) is 7.27. The van der Waals surface area contributed by atoms with Crippen molar-refractivity contribution in [2.45, 2.75) is 12.5 Å². The van der Waals surface area contributed by atoms with Crippen LogP contribution >= 0.6 is 15.9 Å². The van der Waals surface area contributed by atoms with Gasteiger partial charge in [-0.2, -0.15) is 0 Å². The van der Waals surface area contributed by atoms with Crippen molar-refractivity contribution < 1.29 is 4.79 Å². The second-order valence-corrected chi connectivity index (χ2v) is 4.45. The first-order valence-corrected chi connectivity index (χ1v) is 5.81. The average Bonchev–Trinajstić information content (AvgIpc) is 2.24. The number of hydrogen-bond acceptors (Lipinski definition) is 2. The lowest BCUT2D eigenvalue weighted by Crippen LogP contribution is -2.53. The van der Waals surface area contributed by atoms with Crippen molar-refractivity contribution in [2.24, 2.45) is 0 Å². The summed E-state index contributed by atoms with van der Waals surface area (Å²) in [6.45, 7) is 1.58. The number of piperazine rings is 1. The number of carbonyl (C=O) groups excluding carboxylic acids is 1. The number of halogens is 1. The Morgan fingerprint density at radius 1 is 1.33 bits per heavy atom. The third-order valence-electron chi connectivity index (χ3n) is 2.51. The van der Waals surface area contributed by atoms with Gasteiger partial charge in [0.25, 0.3) is 0 Å². The van der Waals surface area contributed by atoms with Gasteiger partial charge in [-0.05, 0) is 18.1 Å². The summed E-state index contributed by atoms with van der Waals surface area (Å²) in [5.41, 5.74) is 1.16. The van der Waals surface area contributed by atoms with Gasteiger partial charge >= 0.3 is 0 Å². The number of benzene rings is 1. The zero-order valence-electron chi connectivity index (χ0n) is 8.29. The molecule has 0 spiro atoms. The fraction of sp³-hybridized carbons (Fsp3) is 0.364. The molecule has 0 bridgehead atoms. The van der Waals surface area contributed by atoms with Crippen molar-refractivity contribution >= 4 is 21.8 Å². The normalized spacial score (nSPS) is 21.1. The summed E-state index contributed by atoms with van der Waals surface area (Å²) >= 11 is 3.48. The summed E-state index contributed by atoms with van der Waals surface area (Å²) in [6.07, 6.45) is 0.729. The van der Waals surface area contributed by atoms with E-state index in [-0.39, 0.29) is 11.9 Å². The van der Waals surface area contributed by atoms with Crippen molar-refractivity contribution in [3.05, 3.63) is 34.3 Å². The molecule has 1 unspecified atom stereocenters. The second-order valence-electron chi connectivity index (χ2n) is 3.59. The largest absolute Gasteiger partial charge is 0.353 e. The van der Waals surface area contributed by atoms with Gasteiger partial charge in [0.2, 0.25) is 5.91 Å². The first-order valence-electron chi connectivity index (χ1n) is 5.02. The molecule has 1 aromatic carbocycles. The van der Waals surface area contributed by atoms with Crippen LogP contribution in [0.3, 0.4) is 0 Å². The summed E-state index contributed by atoms with van der Waals surface area (Å²) < 4.78 is 1.06. The summed E-state index contributed by atoms with van der Waals surface area (Å²) in [5, 5.41) is 6.07. The van der Waals surface area contributed by atoms with Crippen LogP contribution in [0.15, 0.2) is 28.7 Å². The Kier molecular flexibility index (Phi) is 3.38. The third kappa shape index (κ3) is 2.58. The van der Waals surface area contributed by atoms with Gasteiger partial charge in [0.1, 0.15) is 0 Å². The van der Waals surface area contributed by atoms with Crippen LogP contribution in [-0.4, -0.2) is 25.0 Å². The maximum absolute atomic E-state index is 11.5. The lowest BCUT2D eigenvalue weighted by Gasteiger charge is -2.23. The number of hydrogen-bond donors (Lipinski definition) is 2. The predicted octanol–water partition coefficient (Wildman–Crippen LogP) is 1.08. The van der Waals surface area contributed by atoms with Crippen molar-refractivity contribution in [1.29, 1.82) is 0 Å². The number of amides is 1. The van der Waals surface area contributed by atoms with Crippen LogP contribution in [0.2, 0.25) is 0 Å². The zero-order chi connectivity index (χ0) is 10.7. The summed E-state index contributed by atoms with van der Waals surface area (Å²) in [7, 11) is 0. The summed E-state index contributed by atoms with van der Waals surface area (Å²) in [5.74, 6) is 0.0944. The second kappa shape index (κ2) is 4.77. The highest BCUT2D eigenvalue weighted by Gasteiger charge is 2.21. The molecule has 0 radical (unpaired) electrons. The van der Waals surface area contributed by atoms with E-state index in [1.54, 1.807) is 0 Å². The van der Waals surface area contributed by atoms with Gasteiger partial charge in [-0.15, -0.1) is 0 Å². The Hall–Kier alpha value is -0.870. The highest BCUT2D eigenvalue weighted by molar-refractivity contribution is 9.10. The molecule has 1 atom stereocenters. The molecule has 1 aliphatic rings. The minimum atomic E-state index is -0.0996. The molecule has 0 aromatic heterocycles. The predicted molar refractivity (Wildman–Crippen MR) is 62.6 cm³/mol. The standard InChI is InChI=1S/C11H13BrN2O/c12-9-4-2-1-3-8(9)7-10-11(15)14-6-5-13-10/h1-4,10,13H,5-7H2,(H,14,15). The maximum atomic E-state index is 11.5. The number of rotatable bonds is 2. The van der Waals surface area contributed by atoms with Crippen molar-refractivity contribution in [2.75, 3.05) is 13.1 Å². The van der Waals surface area contributed by atoms with E-state index in [9.17, 15) is 4.79 Å². The molecule has 2 N–H and O–H groups in total. The molecule has 1 heterocycles. The molecule has 0 aliphatic carbocycles. The van der Waals surface area contributed by atoms with Crippen molar-refractivity contribution in [3.8, 4) is 0 Å². The van der Waals surface area contributed by atoms with Crippen LogP contribution < -0.4 is 10.6 Å². The van der Waals surface area contributed by atoms with Gasteiger partial charge in [0.15, 0.2) is 0 Å². The van der Waals surface area contributed by atoms with Gasteiger partial charge in [-0.1, -0.05) is 34.1 Å². The highest BCUT2D eigenvalue weighted by atomic mass is 79.9. The van der Waals surface area contributed by atoms with Crippen molar-refractivity contribution in [3.63, 3.8) is 0 Å². The Morgan fingerprint density at radius 3 is 2.87 bits per heavy atom. The average molecular weight is 269 g/mol. The van der Waals surface area contributed by atoms with Crippen molar-refractivity contribution in [1.82, 2.24) is 10.6 Å². The van der Waals surface area contributed by atoms with Gasteiger partial charge in [0.05, 0.1) is 6.04 Å². The number of carbonyl (C=O) groups is 1. The molecular formula is C11H13BrN2O. The smallest absolute Gasteiger partial charge is 0.237 e. The molecular weight excluding hydrogens is 256 g/mol. The molecule has 1 amide bonds. The zero-order valence-corrected chi connectivity index (χ0v) is 9.88. The Bertz CT molecular complexity index is 367. The van der Waals surface area contributed by atoms with Gasteiger partial charge in [-0.25, -0.2) is 0 Å². The molecule has 1 aliphatic heterocycles. The topological polar surface area (TPSA) is 41.1 Å². The molecule has 3 nitrogen and oxygen atoms in total. The van der Waals surface area contributed by atoms with E-state index >= 15 is 0 Å². The van der Waals surface area contributed by atoms with E-state index in [0.717, 1.165) is 29.5 Å². The van der Waals surface area contributed by atoms with E-state index in [0.29, 0.717) is 0 Å². The van der Waals surface area contributed by atoms with Gasteiger partial charge < -0.3 is 10.6 Å². The third-order valence-corrected chi connectivity index (χ3v) is 3.29. The quantitative estimate of drug-likeness (QED) is 0.843. The van der Waals surface area contributed by atoms with Crippen LogP contribution in [0.1, 0.15) is 5.56 Å². The van der Waals surface area contributed by atoms with Crippen LogP contribution in [0.5, 0.6) is 0 Å². The lowest BCUT2D eigenvalue weighted by atomic mass is 10.0. The number of nitrogens with one attached hydrogen (secondary N) is 2. The monoisotopic (exact) mass is 268 g/mol. The molecule has 80 valence electrons. The maximum Gasteiger partial charge on any atom is 0.237 e. The van der Waals surface area contributed by atoms with E-state index in [2.05, 4.69) is 26.6 Å². The van der Waals surface area contributed by atoms with Crippen LogP contribution in [0, 0.1) is 0 Å². The lowest BCUT2D eigenvalue weighted by molar-refractivity contribution is -0.124. The Labute approximate surface area is 97.4 Å². The molecule has 1 fully saturated rings. The molecule has 1 aromatic rings. The Balaban J connectivity index is 2.08. The van der Waals surface area contributed by atoms with Crippen LogP contribution in [-0.2, 0) is 11.2 Å². The Morgan fingerprint density at radius 2 is 2.13 bits per heavy atom. The molecule has 0 saturated carbocycles. The molecule has 1 saturated heterocycles. The summed E-state index contributed by atoms with van der Waals surface area (Å²) in [4.78, 5) is 11.5. The molecule has 2 rings (SSSR count). The minimum absolute atomic E-state index is 0.0944. The SMILES string of the molecule is O=C1NCCNC1Cc1ccccc1Br. The molecule has 4 heteroatoms. The fourth-order valence-electron chi connectivity index (χ4n) is 1.70. The van der Waals surface area contributed by atoms with E-state index in [1.807, 2.05) is 24.3 Å². The summed E-state index contributed by atoms with van der Waals surface area (Å²) in [6, 6.07) is 7.89. The van der Waals surface area contributed by atoms with E-state index in [4.69, 9.17) is 0 Å². The minimum Gasteiger partial charge on any atom is -0.353 e. The van der Waals surface area contributed by atoms with E-state index in [1.165, 1.54) is 0 Å².